The topological polar surface area (TPSA) is 60.6 Å². The monoisotopic (exact) mass is 752 g/mol. The van der Waals surface area contributed by atoms with E-state index in [1.165, 1.54) is 0 Å². The van der Waals surface area contributed by atoms with Gasteiger partial charge in [-0.25, -0.2) is 0 Å². The number of unbranched alkanes of at least 4 members (excludes halogenated alkanes) is 2. The van der Waals surface area contributed by atoms with Crippen molar-refractivity contribution in [3.05, 3.63) is 0 Å². The van der Waals surface area contributed by atoms with Crippen LogP contribution in [0.25, 0.3) is 0 Å². The Morgan fingerprint density at radius 3 is 1.20 bits per heavy atom. The molecule has 0 bridgehead atoms. The lowest BCUT2D eigenvalue weighted by Gasteiger charge is -2.16. The highest BCUT2D eigenvalue weighted by Crippen LogP contribution is 2.04. The number of hydrogen-bond acceptors (Lipinski definition) is 6. The van der Waals surface area contributed by atoms with Crippen molar-refractivity contribution in [3.8, 4) is 189 Å². The van der Waals surface area contributed by atoms with Crippen molar-refractivity contribution in [3.63, 3.8) is 0 Å². The first-order valence-corrected chi connectivity index (χ1v) is 16.1. The van der Waals surface area contributed by atoms with Crippen LogP contribution in [0.3, 0.4) is 0 Å². The zero-order valence-electron chi connectivity index (χ0n) is 30.0. The molecule has 0 aliphatic carbocycles. The Balaban J connectivity index is -0.0000000183. The van der Waals surface area contributed by atoms with Gasteiger partial charge in [0.05, 0.1) is 19.6 Å². The molecule has 2 aliphatic rings. The minimum absolute atomic E-state index is 0. The SMILES string of the molecule is C=NCCN1CCN=C1C#CC#CC#CC#CC#CC#CC#CC#CC.CC#CC#CC#CC#CC#CC#CC#CC#CC1=NCCN1CCCCC=O.[HH].[HH].[HH].[HH].[HH].[HH].[HH].[HH].[HH].[HH].[HH].[HH].[HH].[HH].[HH].[HH].[HH].[HH].[HH].[HH].[HH].[HH].[HH].[HH].[HH].[HH].[HH].[HH].[HH].[HH]. The normalized spacial score (nSPS) is 9.22. The van der Waals surface area contributed by atoms with E-state index < -0.39 is 0 Å². The zero-order chi connectivity index (χ0) is 38.8. The lowest BCUT2D eigenvalue weighted by atomic mass is 10.2. The third kappa shape index (κ3) is 25.3. The van der Waals surface area contributed by atoms with Gasteiger partial charge in [-0.15, -0.1) is 0 Å². The average Bonchev–Trinajstić information content (AvgIpc) is 3.84. The highest BCUT2D eigenvalue weighted by atomic mass is 16.1. The van der Waals surface area contributed by atoms with Crippen LogP contribution >= 0.6 is 0 Å². The molecular formula is C48H89N5O. The standard InChI is InChI=1S/C25H16N2O.C23H13N3.30H2/c1-2-3-4-5-6-7-8-9-10-11-12-13-14-15-17-20-25-26-21-23-27(25)22-18-16-19-24-28;1-3-4-5-6-7-8-9-10-11-12-13-14-15-16-17-18-23-25-20-22-26(23)21-19-24-2;;;;;;;;;;;;;;;;;;;;;;;;;;;;;;/h24H,16,18-19,21-23H2,1H3;2,19-22H2,1H3;30*1H. The second-order valence-electron chi connectivity index (χ2n) is 9.24. The Hall–Kier alpha value is -8.76. The second kappa shape index (κ2) is 34.1. The van der Waals surface area contributed by atoms with Crippen LogP contribution in [0.15, 0.2) is 15.0 Å². The van der Waals surface area contributed by atoms with E-state index in [2.05, 4.69) is 221 Å². The minimum Gasteiger partial charge on any atom is -0.348 e. The van der Waals surface area contributed by atoms with Crippen molar-refractivity contribution in [2.75, 3.05) is 45.8 Å². The van der Waals surface area contributed by atoms with Crippen LogP contribution in [-0.4, -0.2) is 80.3 Å². The van der Waals surface area contributed by atoms with Crippen molar-refractivity contribution in [1.82, 2.24) is 9.80 Å². The fourth-order valence-corrected chi connectivity index (χ4v) is 3.41. The highest BCUT2D eigenvalue weighted by molar-refractivity contribution is 6.00. The van der Waals surface area contributed by atoms with E-state index >= 15 is 0 Å². The molecule has 0 saturated heterocycles. The van der Waals surface area contributed by atoms with Crippen LogP contribution in [0, 0.1) is 189 Å². The molecule has 0 saturated carbocycles. The van der Waals surface area contributed by atoms with E-state index in [4.69, 9.17) is 0 Å². The smallest absolute Gasteiger partial charge is 0.177 e. The van der Waals surface area contributed by atoms with Gasteiger partial charge in [0.15, 0.2) is 11.7 Å². The molecule has 2 aliphatic heterocycles. The van der Waals surface area contributed by atoms with Crippen LogP contribution in [0.5, 0.6) is 0 Å². The van der Waals surface area contributed by atoms with Crippen molar-refractivity contribution < 1.29 is 47.6 Å². The molecule has 0 amide bonds. The van der Waals surface area contributed by atoms with Gasteiger partial charge in [0.2, 0.25) is 0 Å². The molecule has 0 N–H and O–H groups in total. The summed E-state index contributed by atoms with van der Waals surface area (Å²) in [6, 6.07) is 0. The summed E-state index contributed by atoms with van der Waals surface area (Å²) in [5.41, 5.74) is 0. The quantitative estimate of drug-likeness (QED) is 0.108. The summed E-state index contributed by atoms with van der Waals surface area (Å²) in [7, 11) is 0. The van der Waals surface area contributed by atoms with Crippen LogP contribution < -0.4 is 0 Å². The lowest BCUT2D eigenvalue weighted by molar-refractivity contribution is -0.107. The molecule has 312 valence electrons. The van der Waals surface area contributed by atoms with Crippen molar-refractivity contribution >= 4 is 24.7 Å². The molecule has 0 aromatic rings. The van der Waals surface area contributed by atoms with Crippen LogP contribution in [0.1, 0.15) is 75.9 Å². The second-order valence-corrected chi connectivity index (χ2v) is 9.24. The first-order valence-electron chi connectivity index (χ1n) is 16.1. The van der Waals surface area contributed by atoms with Gasteiger partial charge < -0.3 is 14.6 Å². The molecule has 0 spiro atoms. The van der Waals surface area contributed by atoms with Gasteiger partial charge in [0.25, 0.3) is 0 Å². The summed E-state index contributed by atoms with van der Waals surface area (Å²) in [6.45, 7) is 12.4. The minimum atomic E-state index is 0. The van der Waals surface area contributed by atoms with Gasteiger partial charge in [0, 0.05) is 75.4 Å². The zero-order valence-corrected chi connectivity index (χ0v) is 30.0. The molecule has 54 heavy (non-hydrogen) atoms. The highest BCUT2D eigenvalue weighted by Gasteiger charge is 2.14. The maximum Gasteiger partial charge on any atom is 0.177 e. The molecule has 2 heterocycles. The molecule has 0 aromatic heterocycles. The molecule has 0 radical (unpaired) electrons. The number of amidine groups is 2. The van der Waals surface area contributed by atoms with Gasteiger partial charge in [0.1, 0.15) is 6.29 Å². The van der Waals surface area contributed by atoms with Gasteiger partial charge in [-0.3, -0.25) is 15.0 Å². The molecule has 6 heteroatoms. The Labute approximate surface area is 366 Å². The predicted octanol–water partition coefficient (Wildman–Crippen LogP) is 8.95. The number of carbonyl (C=O) groups is 1. The van der Waals surface area contributed by atoms with E-state index in [9.17, 15) is 4.79 Å². The van der Waals surface area contributed by atoms with E-state index in [0.717, 1.165) is 70.1 Å². The summed E-state index contributed by atoms with van der Waals surface area (Å²) in [5, 5.41) is 0. The average molecular weight is 752 g/mol. The first-order chi connectivity index (χ1) is 26.8. The van der Waals surface area contributed by atoms with Gasteiger partial charge in [-0.2, -0.15) is 0 Å². The van der Waals surface area contributed by atoms with E-state index in [0.29, 0.717) is 13.0 Å². The van der Waals surface area contributed by atoms with E-state index in [1.54, 1.807) is 13.8 Å². The molecule has 0 fully saturated rings. The number of hydrogen-bond donors (Lipinski definition) is 0. The first kappa shape index (κ1) is 43.3. The van der Waals surface area contributed by atoms with Crippen LogP contribution in [0.4, 0.5) is 0 Å². The van der Waals surface area contributed by atoms with Crippen LogP contribution in [0.2, 0.25) is 0 Å². The number of aliphatic imine (C=N–C) groups is 3. The number of carbonyl (C=O) groups excluding carboxylic acids is 1. The molecule has 0 unspecified atom stereocenters. The maximum atomic E-state index is 10.3. The van der Waals surface area contributed by atoms with Crippen molar-refractivity contribution in [1.29, 1.82) is 0 Å². The van der Waals surface area contributed by atoms with E-state index in [1.807, 2.05) is 0 Å². The summed E-state index contributed by atoms with van der Waals surface area (Å²) in [5.74, 6) is 84.6. The predicted molar refractivity (Wildman–Crippen MR) is 281 cm³/mol. The largest absolute Gasteiger partial charge is 0.348 e. The Morgan fingerprint density at radius 1 is 0.537 bits per heavy atom. The summed E-state index contributed by atoms with van der Waals surface area (Å²) < 4.78 is 0. The summed E-state index contributed by atoms with van der Waals surface area (Å²) >= 11 is 0. The summed E-state index contributed by atoms with van der Waals surface area (Å²) in [6.07, 6.45) is 3.38. The molecule has 0 aromatic carbocycles. The number of nitrogens with zero attached hydrogens (tertiary/aromatic N) is 5. The molecule has 0 atom stereocenters. The molecule has 6 nitrogen and oxygen atoms in total. The Morgan fingerprint density at radius 2 is 0.870 bits per heavy atom. The third-order valence-corrected chi connectivity index (χ3v) is 5.61. The number of aldehydes is 1. The Kier molecular flexibility index (Phi) is 27.3. The number of rotatable bonds is 8. The van der Waals surface area contributed by atoms with Crippen molar-refractivity contribution in [2.45, 2.75) is 33.1 Å². The van der Waals surface area contributed by atoms with Gasteiger partial charge in [-0.1, -0.05) is 11.8 Å². The third-order valence-electron chi connectivity index (χ3n) is 5.61. The fraction of sp³-hybridized carbons (Fsp3) is 0.250. The molecular weight excluding hydrogens is 663 g/mol. The van der Waals surface area contributed by atoms with Gasteiger partial charge >= 0.3 is 0 Å². The van der Waals surface area contributed by atoms with Crippen LogP contribution in [-0.2, 0) is 4.79 Å². The van der Waals surface area contributed by atoms with E-state index in [-0.39, 0.29) is 42.8 Å². The summed E-state index contributed by atoms with van der Waals surface area (Å²) in [4.78, 5) is 27.0. The molecule has 2 rings (SSSR count). The van der Waals surface area contributed by atoms with Crippen molar-refractivity contribution in [2.24, 2.45) is 15.0 Å². The lowest BCUT2D eigenvalue weighted by Crippen LogP contribution is -2.29. The Bertz CT molecular complexity index is 2600. The maximum absolute atomic E-state index is 10.3. The fourth-order valence-electron chi connectivity index (χ4n) is 3.41. The van der Waals surface area contributed by atoms with Gasteiger partial charge in [-0.05, 0) is 211 Å².